The molecule has 0 unspecified atom stereocenters. The van der Waals surface area contributed by atoms with E-state index >= 15 is 0 Å². The average molecular weight is 504 g/mol. The zero-order chi connectivity index (χ0) is 25.1. The van der Waals surface area contributed by atoms with Crippen molar-refractivity contribution in [2.24, 2.45) is 0 Å². The van der Waals surface area contributed by atoms with Crippen molar-refractivity contribution < 1.29 is 18.9 Å². The van der Waals surface area contributed by atoms with Gasteiger partial charge in [-0.15, -0.1) is 0 Å². The molecule has 1 aromatic heterocycles. The third-order valence-corrected chi connectivity index (χ3v) is 6.42. The Morgan fingerprint density at radius 2 is 1.61 bits per heavy atom. The third-order valence-electron chi connectivity index (χ3n) is 6.09. The molecule has 1 aliphatic rings. The first-order chi connectivity index (χ1) is 17.6. The quantitative estimate of drug-likeness (QED) is 0.380. The summed E-state index contributed by atoms with van der Waals surface area (Å²) in [5.74, 6) is 8.92. The summed E-state index contributed by atoms with van der Waals surface area (Å²) in [7, 11) is 4.77. The third kappa shape index (κ3) is 4.66. The Hall–Kier alpha value is -3.86. The van der Waals surface area contributed by atoms with Crippen LogP contribution in [-0.2, 0) is 4.74 Å². The van der Waals surface area contributed by atoms with Gasteiger partial charge < -0.3 is 28.8 Å². The van der Waals surface area contributed by atoms with Gasteiger partial charge in [0.05, 0.1) is 61.9 Å². The highest BCUT2D eigenvalue weighted by atomic mass is 35.5. The lowest BCUT2D eigenvalue weighted by molar-refractivity contribution is 0.122. The first kappa shape index (κ1) is 23.9. The number of aromatic nitrogens is 2. The van der Waals surface area contributed by atoms with Crippen LogP contribution in [0.4, 0.5) is 5.69 Å². The number of ether oxygens (including phenoxy) is 4. The molecular formula is C28H26ClN3O4. The first-order valence-corrected chi connectivity index (χ1v) is 11.9. The summed E-state index contributed by atoms with van der Waals surface area (Å²) in [6.07, 6.45) is 0. The second-order valence-electron chi connectivity index (χ2n) is 8.22. The van der Waals surface area contributed by atoms with Gasteiger partial charge in [0.25, 0.3) is 0 Å². The Morgan fingerprint density at radius 3 is 2.28 bits per heavy atom. The highest BCUT2D eigenvalue weighted by Crippen LogP contribution is 2.41. The van der Waals surface area contributed by atoms with E-state index in [1.165, 1.54) is 0 Å². The minimum absolute atomic E-state index is 0.534. The van der Waals surface area contributed by atoms with E-state index in [1.807, 2.05) is 42.5 Å². The molecule has 0 spiro atoms. The van der Waals surface area contributed by atoms with Crippen molar-refractivity contribution in [1.29, 1.82) is 0 Å². The van der Waals surface area contributed by atoms with E-state index in [2.05, 4.69) is 27.8 Å². The lowest BCUT2D eigenvalue weighted by Gasteiger charge is -2.29. The summed E-state index contributed by atoms with van der Waals surface area (Å²) in [5.41, 5.74) is 5.23. The Bertz CT molecular complexity index is 1440. The van der Waals surface area contributed by atoms with Crippen LogP contribution in [0.5, 0.6) is 17.2 Å². The number of nitrogens with zero attached hydrogens (tertiary/aromatic N) is 2. The van der Waals surface area contributed by atoms with Gasteiger partial charge in [-0.25, -0.2) is 4.98 Å². The van der Waals surface area contributed by atoms with E-state index in [0.29, 0.717) is 41.3 Å². The van der Waals surface area contributed by atoms with Crippen LogP contribution in [0.25, 0.3) is 22.4 Å². The number of anilines is 1. The van der Waals surface area contributed by atoms with Gasteiger partial charge in [0, 0.05) is 24.2 Å². The summed E-state index contributed by atoms with van der Waals surface area (Å²) < 4.78 is 22.1. The summed E-state index contributed by atoms with van der Waals surface area (Å²) >= 11 is 6.34. The number of hydrogen-bond acceptors (Lipinski definition) is 6. The van der Waals surface area contributed by atoms with Crippen LogP contribution >= 0.6 is 11.6 Å². The maximum atomic E-state index is 6.34. The molecule has 1 N–H and O–H groups in total. The van der Waals surface area contributed by atoms with Gasteiger partial charge in [-0.1, -0.05) is 35.6 Å². The minimum Gasteiger partial charge on any atom is -0.493 e. The van der Waals surface area contributed by atoms with E-state index in [0.717, 1.165) is 46.5 Å². The molecule has 2 heterocycles. The monoisotopic (exact) mass is 503 g/mol. The summed E-state index contributed by atoms with van der Waals surface area (Å²) in [5, 5.41) is 0.630. The van der Waals surface area contributed by atoms with Crippen molar-refractivity contribution in [2.45, 2.75) is 0 Å². The number of H-pyrrole nitrogens is 1. The second kappa shape index (κ2) is 10.4. The van der Waals surface area contributed by atoms with Crippen LogP contribution in [0.2, 0.25) is 5.02 Å². The highest BCUT2D eigenvalue weighted by Gasteiger charge is 2.19. The Balaban J connectivity index is 1.62. The maximum Gasteiger partial charge on any atom is 0.203 e. The normalized spacial score (nSPS) is 13.3. The fourth-order valence-electron chi connectivity index (χ4n) is 4.26. The van der Waals surface area contributed by atoms with Crippen molar-refractivity contribution >= 4 is 28.3 Å². The minimum atomic E-state index is 0.534. The van der Waals surface area contributed by atoms with E-state index in [4.69, 9.17) is 35.5 Å². The maximum absolute atomic E-state index is 6.34. The lowest BCUT2D eigenvalue weighted by atomic mass is 10.1. The predicted molar refractivity (Wildman–Crippen MR) is 142 cm³/mol. The average Bonchev–Trinajstić information content (AvgIpc) is 3.34. The van der Waals surface area contributed by atoms with Crippen LogP contribution in [-0.4, -0.2) is 57.6 Å². The largest absolute Gasteiger partial charge is 0.493 e. The molecule has 0 saturated carbocycles. The van der Waals surface area contributed by atoms with Crippen molar-refractivity contribution in [3.05, 3.63) is 64.7 Å². The SMILES string of the molecule is COc1cc(-c2nc3cc(N4CCOCC4)c(C#Cc4ccccc4Cl)cc3[nH]2)cc(OC)c1OC. The number of halogens is 1. The fourth-order valence-corrected chi connectivity index (χ4v) is 4.45. The van der Waals surface area contributed by atoms with E-state index in [-0.39, 0.29) is 0 Å². The molecule has 4 aromatic rings. The molecule has 7 nitrogen and oxygen atoms in total. The van der Waals surface area contributed by atoms with E-state index in [9.17, 15) is 0 Å². The highest BCUT2D eigenvalue weighted by molar-refractivity contribution is 6.31. The zero-order valence-corrected chi connectivity index (χ0v) is 21.1. The number of benzene rings is 3. The fraction of sp³-hybridized carbons (Fsp3) is 0.250. The zero-order valence-electron chi connectivity index (χ0n) is 20.4. The van der Waals surface area contributed by atoms with Crippen molar-refractivity contribution in [1.82, 2.24) is 9.97 Å². The van der Waals surface area contributed by atoms with Gasteiger partial charge in [-0.3, -0.25) is 0 Å². The summed E-state index contributed by atoms with van der Waals surface area (Å²) in [6, 6.07) is 15.5. The molecule has 5 rings (SSSR count). The number of rotatable bonds is 5. The number of hydrogen-bond donors (Lipinski definition) is 1. The number of imidazole rings is 1. The summed E-state index contributed by atoms with van der Waals surface area (Å²) in [4.78, 5) is 10.6. The van der Waals surface area contributed by atoms with Gasteiger partial charge in [-0.05, 0) is 36.4 Å². The van der Waals surface area contributed by atoms with Crippen LogP contribution in [0.1, 0.15) is 11.1 Å². The van der Waals surface area contributed by atoms with Crippen LogP contribution in [0.15, 0.2) is 48.5 Å². The second-order valence-corrected chi connectivity index (χ2v) is 8.62. The molecule has 36 heavy (non-hydrogen) atoms. The Morgan fingerprint density at radius 1 is 0.917 bits per heavy atom. The van der Waals surface area contributed by atoms with E-state index in [1.54, 1.807) is 21.3 Å². The molecule has 1 saturated heterocycles. The van der Waals surface area contributed by atoms with Crippen LogP contribution in [0, 0.1) is 11.8 Å². The molecule has 0 amide bonds. The number of morpholine rings is 1. The molecule has 1 fully saturated rings. The standard InChI is InChI=1S/C28H26ClN3O4/c1-33-25-15-20(16-26(34-2)27(25)35-3)28-30-22-14-19(9-8-18-6-4-5-7-21(18)29)24(17-23(22)31-28)32-10-12-36-13-11-32/h4-7,14-17H,10-13H2,1-3H3,(H,30,31). The van der Waals surface area contributed by atoms with Crippen molar-refractivity contribution in [3.63, 3.8) is 0 Å². The molecule has 0 aliphatic carbocycles. The summed E-state index contributed by atoms with van der Waals surface area (Å²) in [6.45, 7) is 2.92. The molecule has 0 bridgehead atoms. The van der Waals surface area contributed by atoms with Crippen LogP contribution in [0.3, 0.4) is 0 Å². The van der Waals surface area contributed by atoms with Gasteiger partial charge >= 0.3 is 0 Å². The van der Waals surface area contributed by atoms with Gasteiger partial charge in [0.1, 0.15) is 5.82 Å². The Labute approximate surface area is 214 Å². The van der Waals surface area contributed by atoms with Crippen molar-refractivity contribution in [3.8, 4) is 40.5 Å². The first-order valence-electron chi connectivity index (χ1n) is 11.5. The molecular weight excluding hydrogens is 478 g/mol. The van der Waals surface area contributed by atoms with Gasteiger partial charge in [0.15, 0.2) is 11.5 Å². The Kier molecular flexibility index (Phi) is 6.90. The lowest BCUT2D eigenvalue weighted by Crippen LogP contribution is -2.36. The molecule has 3 aromatic carbocycles. The molecule has 0 atom stereocenters. The number of aromatic amines is 1. The number of nitrogens with one attached hydrogen (secondary N) is 1. The van der Waals surface area contributed by atoms with Gasteiger partial charge in [0.2, 0.25) is 5.75 Å². The molecule has 184 valence electrons. The van der Waals surface area contributed by atoms with E-state index < -0.39 is 0 Å². The van der Waals surface area contributed by atoms with Gasteiger partial charge in [-0.2, -0.15) is 0 Å². The van der Waals surface area contributed by atoms with Crippen LogP contribution < -0.4 is 19.1 Å². The molecule has 1 aliphatic heterocycles. The molecule has 0 radical (unpaired) electrons. The number of methoxy groups -OCH3 is 3. The number of fused-ring (bicyclic) bond motifs is 1. The molecule has 8 heteroatoms. The topological polar surface area (TPSA) is 68.8 Å². The van der Waals surface area contributed by atoms with Crippen molar-refractivity contribution in [2.75, 3.05) is 52.5 Å². The predicted octanol–water partition coefficient (Wildman–Crippen LogP) is 5.15. The smallest absolute Gasteiger partial charge is 0.203 e.